The summed E-state index contributed by atoms with van der Waals surface area (Å²) in [6.07, 6.45) is 7.66. The molecule has 0 unspecified atom stereocenters. The number of aromatic nitrogens is 4. The molecule has 27 heavy (non-hydrogen) atoms. The molecule has 2 bridgehead atoms. The van der Waals surface area contributed by atoms with E-state index in [0.717, 1.165) is 41.7 Å². The lowest BCUT2D eigenvalue weighted by atomic mass is 9.80. The standard InChI is InChI=1S/C20H23N5OS/c1-2-14-9-13-7-8-20(14,10-13)23-17(26)11-27-19-22-18-15-5-3-4-6-16(15)21-12-25(18)24-19/h3-6,12-14H,2,7-11H2,1H3,(H,23,26)/t13-,14+,20-/m1/s1. The van der Waals surface area contributed by atoms with Crippen LogP contribution in [0.15, 0.2) is 35.7 Å². The summed E-state index contributed by atoms with van der Waals surface area (Å²) in [4.78, 5) is 21.7. The Morgan fingerprint density at radius 2 is 2.30 bits per heavy atom. The zero-order chi connectivity index (χ0) is 18.4. The number of carbonyl (C=O) groups is 1. The van der Waals surface area contributed by atoms with E-state index in [4.69, 9.17) is 0 Å². The number of benzene rings is 1. The van der Waals surface area contributed by atoms with E-state index in [2.05, 4.69) is 27.3 Å². The van der Waals surface area contributed by atoms with Gasteiger partial charge in [-0.25, -0.2) is 14.5 Å². The second-order valence-corrected chi connectivity index (χ2v) is 8.81. The first-order chi connectivity index (χ1) is 13.2. The summed E-state index contributed by atoms with van der Waals surface area (Å²) in [5.74, 6) is 1.90. The van der Waals surface area contributed by atoms with Crippen molar-refractivity contribution in [3.63, 3.8) is 0 Å². The van der Waals surface area contributed by atoms with E-state index in [1.165, 1.54) is 24.6 Å². The molecule has 3 atom stereocenters. The van der Waals surface area contributed by atoms with Gasteiger partial charge >= 0.3 is 0 Å². The Morgan fingerprint density at radius 1 is 1.41 bits per heavy atom. The molecular formula is C20H23N5OS. The fraction of sp³-hybridized carbons (Fsp3) is 0.500. The number of thioether (sulfide) groups is 1. The van der Waals surface area contributed by atoms with Crippen molar-refractivity contribution in [1.82, 2.24) is 24.9 Å². The van der Waals surface area contributed by atoms with Crippen LogP contribution in [0.3, 0.4) is 0 Å². The maximum atomic E-state index is 12.6. The average molecular weight is 382 g/mol. The number of para-hydroxylation sites is 1. The van der Waals surface area contributed by atoms with Gasteiger partial charge in [0.1, 0.15) is 6.33 Å². The van der Waals surface area contributed by atoms with Gasteiger partial charge in [0.15, 0.2) is 5.65 Å². The Bertz CT molecular complexity index is 1020. The van der Waals surface area contributed by atoms with Crippen LogP contribution < -0.4 is 5.32 Å². The highest BCUT2D eigenvalue weighted by Crippen LogP contribution is 2.52. The van der Waals surface area contributed by atoms with Crippen molar-refractivity contribution in [3.8, 4) is 0 Å². The maximum absolute atomic E-state index is 12.6. The molecule has 0 spiro atoms. The molecule has 2 aliphatic carbocycles. The van der Waals surface area contributed by atoms with Crippen LogP contribution in [0.2, 0.25) is 0 Å². The Balaban J connectivity index is 1.30. The average Bonchev–Trinajstić information content (AvgIpc) is 3.38. The number of rotatable bonds is 5. The number of fused-ring (bicyclic) bond motifs is 5. The van der Waals surface area contributed by atoms with Gasteiger partial charge in [-0.15, -0.1) is 5.10 Å². The summed E-state index contributed by atoms with van der Waals surface area (Å²) >= 11 is 1.39. The van der Waals surface area contributed by atoms with Crippen molar-refractivity contribution >= 4 is 34.2 Å². The first kappa shape index (κ1) is 17.0. The van der Waals surface area contributed by atoms with Gasteiger partial charge in [-0.1, -0.05) is 37.2 Å². The van der Waals surface area contributed by atoms with E-state index >= 15 is 0 Å². The Kier molecular flexibility index (Phi) is 4.07. The van der Waals surface area contributed by atoms with Crippen LogP contribution in [0.5, 0.6) is 0 Å². The summed E-state index contributed by atoms with van der Waals surface area (Å²) in [6.45, 7) is 2.24. The predicted octanol–water partition coefficient (Wildman–Crippen LogP) is 3.45. The highest BCUT2D eigenvalue weighted by atomic mass is 32.2. The number of hydrogen-bond acceptors (Lipinski definition) is 5. The van der Waals surface area contributed by atoms with E-state index in [9.17, 15) is 4.79 Å². The molecule has 5 rings (SSSR count). The predicted molar refractivity (Wildman–Crippen MR) is 106 cm³/mol. The molecule has 2 heterocycles. The lowest BCUT2D eigenvalue weighted by molar-refractivity contribution is -0.121. The van der Waals surface area contributed by atoms with Crippen molar-refractivity contribution in [2.45, 2.75) is 49.7 Å². The molecule has 2 aromatic heterocycles. The number of nitrogens with zero attached hydrogens (tertiary/aromatic N) is 4. The van der Waals surface area contributed by atoms with Gasteiger partial charge in [0, 0.05) is 10.9 Å². The van der Waals surface area contributed by atoms with Crippen LogP contribution in [0.4, 0.5) is 0 Å². The number of nitrogens with one attached hydrogen (secondary N) is 1. The minimum absolute atomic E-state index is 0.0452. The van der Waals surface area contributed by atoms with Crippen molar-refractivity contribution in [3.05, 3.63) is 30.6 Å². The summed E-state index contributed by atoms with van der Waals surface area (Å²) in [5.41, 5.74) is 1.72. The molecule has 6 nitrogen and oxygen atoms in total. The van der Waals surface area contributed by atoms with Gasteiger partial charge in [0.05, 0.1) is 11.3 Å². The molecule has 140 valence electrons. The Morgan fingerprint density at radius 3 is 3.15 bits per heavy atom. The SMILES string of the molecule is CC[C@H]1C[C@H]2CC[C@@]1(NC(=O)CSc1nc3c4ccccc4ncn3n1)C2. The molecule has 0 saturated heterocycles. The van der Waals surface area contributed by atoms with Crippen molar-refractivity contribution in [2.24, 2.45) is 11.8 Å². The molecule has 2 saturated carbocycles. The monoisotopic (exact) mass is 381 g/mol. The fourth-order valence-electron chi connectivity index (χ4n) is 5.12. The number of amides is 1. The van der Waals surface area contributed by atoms with Gasteiger partial charge in [-0.2, -0.15) is 0 Å². The van der Waals surface area contributed by atoms with E-state index in [1.54, 1.807) is 10.8 Å². The molecule has 0 aliphatic heterocycles. The molecule has 1 aromatic carbocycles. The summed E-state index contributed by atoms with van der Waals surface area (Å²) in [5, 5.41) is 9.44. The zero-order valence-electron chi connectivity index (χ0n) is 15.4. The minimum atomic E-state index is 0.0452. The smallest absolute Gasteiger partial charge is 0.230 e. The van der Waals surface area contributed by atoms with Crippen LogP contribution in [0.1, 0.15) is 39.0 Å². The second kappa shape index (κ2) is 6.48. The van der Waals surface area contributed by atoms with Gasteiger partial charge in [0.25, 0.3) is 0 Å². The largest absolute Gasteiger partial charge is 0.350 e. The molecule has 3 aromatic rings. The first-order valence-electron chi connectivity index (χ1n) is 9.71. The number of hydrogen-bond donors (Lipinski definition) is 1. The Hall–Kier alpha value is -2.15. The van der Waals surface area contributed by atoms with Crippen molar-refractivity contribution < 1.29 is 4.79 Å². The van der Waals surface area contributed by atoms with Gasteiger partial charge < -0.3 is 5.32 Å². The molecule has 2 fully saturated rings. The third-order valence-corrected chi connectivity index (χ3v) is 7.17. The van der Waals surface area contributed by atoms with Gasteiger partial charge in [-0.05, 0) is 49.7 Å². The summed E-state index contributed by atoms with van der Waals surface area (Å²) < 4.78 is 1.69. The van der Waals surface area contributed by atoms with Crippen LogP contribution in [0.25, 0.3) is 16.6 Å². The van der Waals surface area contributed by atoms with Crippen LogP contribution in [0, 0.1) is 11.8 Å². The zero-order valence-corrected chi connectivity index (χ0v) is 16.2. The molecule has 0 radical (unpaired) electrons. The topological polar surface area (TPSA) is 72.2 Å². The molecule has 1 amide bonds. The summed E-state index contributed by atoms with van der Waals surface area (Å²) in [6, 6.07) is 7.89. The van der Waals surface area contributed by atoms with Crippen LogP contribution in [-0.2, 0) is 4.79 Å². The quantitative estimate of drug-likeness (QED) is 0.685. The highest BCUT2D eigenvalue weighted by Gasteiger charge is 2.51. The fourth-order valence-corrected chi connectivity index (χ4v) is 5.75. The first-order valence-corrected chi connectivity index (χ1v) is 10.7. The van der Waals surface area contributed by atoms with Crippen LogP contribution in [-0.4, -0.2) is 36.8 Å². The third-order valence-electron chi connectivity index (χ3n) is 6.33. The molecule has 2 aliphatic rings. The summed E-state index contributed by atoms with van der Waals surface area (Å²) in [7, 11) is 0. The van der Waals surface area contributed by atoms with Gasteiger partial charge in [0.2, 0.25) is 11.1 Å². The van der Waals surface area contributed by atoms with Crippen molar-refractivity contribution in [1.29, 1.82) is 0 Å². The highest BCUT2D eigenvalue weighted by molar-refractivity contribution is 7.99. The van der Waals surface area contributed by atoms with E-state index < -0.39 is 0 Å². The maximum Gasteiger partial charge on any atom is 0.230 e. The van der Waals surface area contributed by atoms with Crippen LogP contribution >= 0.6 is 11.8 Å². The lowest BCUT2D eigenvalue weighted by Crippen LogP contribution is -2.50. The van der Waals surface area contributed by atoms with Gasteiger partial charge in [-0.3, -0.25) is 4.79 Å². The normalized spacial score (nSPS) is 26.9. The number of carbonyl (C=O) groups excluding carboxylic acids is 1. The van der Waals surface area contributed by atoms with E-state index in [0.29, 0.717) is 16.8 Å². The molecular weight excluding hydrogens is 358 g/mol. The molecule has 1 N–H and O–H groups in total. The van der Waals surface area contributed by atoms with E-state index in [-0.39, 0.29) is 11.4 Å². The van der Waals surface area contributed by atoms with Crippen molar-refractivity contribution in [2.75, 3.05) is 5.75 Å². The minimum Gasteiger partial charge on any atom is -0.350 e. The third kappa shape index (κ3) is 2.88. The molecule has 7 heteroatoms. The van der Waals surface area contributed by atoms with E-state index in [1.807, 2.05) is 24.3 Å². The lowest BCUT2D eigenvalue weighted by Gasteiger charge is -2.35. The second-order valence-electron chi connectivity index (χ2n) is 7.87. The Labute approximate surface area is 162 Å².